The highest BCUT2D eigenvalue weighted by molar-refractivity contribution is 9.10. The van der Waals surface area contributed by atoms with E-state index in [0.29, 0.717) is 0 Å². The molecule has 3 nitrogen and oxygen atoms in total. The van der Waals surface area contributed by atoms with Crippen molar-refractivity contribution >= 4 is 27.5 Å². The van der Waals surface area contributed by atoms with Gasteiger partial charge in [0.25, 0.3) is 0 Å². The summed E-state index contributed by atoms with van der Waals surface area (Å²) in [5.74, 6) is -0.715. The fourth-order valence-corrected chi connectivity index (χ4v) is 2.31. The zero-order valence-electron chi connectivity index (χ0n) is 11.6. The van der Waals surface area contributed by atoms with Crippen molar-refractivity contribution in [3.05, 3.63) is 64.4 Å². The molecular formula is C16H16BrFN2O. The van der Waals surface area contributed by atoms with E-state index < -0.39 is 5.82 Å². The molecule has 0 radical (unpaired) electrons. The quantitative estimate of drug-likeness (QED) is 0.859. The van der Waals surface area contributed by atoms with E-state index >= 15 is 0 Å². The second-order valence-electron chi connectivity index (χ2n) is 4.69. The van der Waals surface area contributed by atoms with Gasteiger partial charge in [-0.3, -0.25) is 4.79 Å². The van der Waals surface area contributed by atoms with Gasteiger partial charge in [0, 0.05) is 10.5 Å². The third-order valence-electron chi connectivity index (χ3n) is 3.07. The minimum absolute atomic E-state index is 0.0221. The van der Waals surface area contributed by atoms with Gasteiger partial charge in [-0.25, -0.2) is 4.39 Å². The number of amides is 1. The molecule has 2 aromatic rings. The third kappa shape index (κ3) is 4.65. The predicted octanol–water partition coefficient (Wildman–Crippen LogP) is 3.88. The Morgan fingerprint density at radius 2 is 2.00 bits per heavy atom. The lowest BCUT2D eigenvalue weighted by atomic mass is 10.1. The van der Waals surface area contributed by atoms with Crippen molar-refractivity contribution in [3.8, 4) is 0 Å². The Labute approximate surface area is 131 Å². The Morgan fingerprint density at radius 1 is 1.24 bits per heavy atom. The van der Waals surface area contributed by atoms with Crippen LogP contribution in [0.15, 0.2) is 53.0 Å². The number of anilines is 1. The van der Waals surface area contributed by atoms with Crippen LogP contribution >= 0.6 is 15.9 Å². The number of carbonyl (C=O) groups excluding carboxylic acids is 1. The Bertz CT molecular complexity index is 633. The molecule has 2 rings (SSSR count). The van der Waals surface area contributed by atoms with Gasteiger partial charge in [0.05, 0.1) is 12.2 Å². The summed E-state index contributed by atoms with van der Waals surface area (Å²) in [6, 6.07) is 14.0. The molecule has 0 saturated heterocycles. The van der Waals surface area contributed by atoms with Crippen LogP contribution in [0.4, 0.5) is 10.1 Å². The smallest absolute Gasteiger partial charge is 0.238 e. The molecule has 2 N–H and O–H groups in total. The standard InChI is InChI=1S/C16H16BrFN2O/c1-11(12-5-4-6-13(17)9-12)19-10-16(21)20-15-8-3-2-7-14(15)18/h2-9,11,19H,10H2,1H3,(H,20,21). The molecule has 21 heavy (non-hydrogen) atoms. The number of benzene rings is 2. The van der Waals surface area contributed by atoms with Crippen molar-refractivity contribution in [2.75, 3.05) is 11.9 Å². The highest BCUT2D eigenvalue weighted by Crippen LogP contribution is 2.17. The van der Waals surface area contributed by atoms with Gasteiger partial charge >= 0.3 is 0 Å². The molecule has 0 bridgehead atoms. The average molecular weight is 351 g/mol. The fourth-order valence-electron chi connectivity index (χ4n) is 1.90. The molecule has 2 aromatic carbocycles. The summed E-state index contributed by atoms with van der Waals surface area (Å²) in [5.41, 5.74) is 1.27. The van der Waals surface area contributed by atoms with Gasteiger partial charge in [0.15, 0.2) is 0 Å². The second-order valence-corrected chi connectivity index (χ2v) is 5.60. The van der Waals surface area contributed by atoms with Crippen LogP contribution in [0.1, 0.15) is 18.5 Å². The second kappa shape index (κ2) is 7.33. The van der Waals surface area contributed by atoms with Crippen LogP contribution in [-0.2, 0) is 4.79 Å². The topological polar surface area (TPSA) is 41.1 Å². The zero-order valence-corrected chi connectivity index (χ0v) is 13.2. The molecule has 1 unspecified atom stereocenters. The summed E-state index contributed by atoms with van der Waals surface area (Å²) in [7, 11) is 0. The van der Waals surface area contributed by atoms with Crippen LogP contribution in [0, 0.1) is 5.82 Å². The van der Waals surface area contributed by atoms with Gasteiger partial charge in [0.2, 0.25) is 5.91 Å². The zero-order chi connectivity index (χ0) is 15.2. The molecule has 0 heterocycles. The Balaban J connectivity index is 1.88. The van der Waals surface area contributed by atoms with Gasteiger partial charge in [-0.15, -0.1) is 0 Å². The van der Waals surface area contributed by atoms with Crippen LogP contribution in [0.5, 0.6) is 0 Å². The molecule has 1 atom stereocenters. The van der Waals surface area contributed by atoms with Gasteiger partial charge in [-0.05, 0) is 36.8 Å². The van der Waals surface area contributed by atoms with E-state index in [0.717, 1.165) is 10.0 Å². The Hall–Kier alpha value is -1.72. The van der Waals surface area contributed by atoms with Crippen molar-refractivity contribution in [3.63, 3.8) is 0 Å². The summed E-state index contributed by atoms with van der Waals surface area (Å²) < 4.78 is 14.4. The molecule has 110 valence electrons. The van der Waals surface area contributed by atoms with E-state index in [9.17, 15) is 9.18 Å². The highest BCUT2D eigenvalue weighted by atomic mass is 79.9. The number of hydrogen-bond donors (Lipinski definition) is 2. The number of nitrogens with one attached hydrogen (secondary N) is 2. The molecule has 0 fully saturated rings. The van der Waals surface area contributed by atoms with E-state index in [-0.39, 0.29) is 24.2 Å². The van der Waals surface area contributed by atoms with Crippen LogP contribution in [-0.4, -0.2) is 12.5 Å². The molecule has 0 aromatic heterocycles. The van der Waals surface area contributed by atoms with E-state index in [1.54, 1.807) is 12.1 Å². The first-order chi connectivity index (χ1) is 10.1. The van der Waals surface area contributed by atoms with Crippen molar-refractivity contribution in [1.29, 1.82) is 0 Å². The highest BCUT2D eigenvalue weighted by Gasteiger charge is 2.09. The molecule has 0 spiro atoms. The van der Waals surface area contributed by atoms with Crippen LogP contribution in [0.25, 0.3) is 0 Å². The minimum atomic E-state index is -0.439. The summed E-state index contributed by atoms with van der Waals surface area (Å²) >= 11 is 3.41. The largest absolute Gasteiger partial charge is 0.322 e. The van der Waals surface area contributed by atoms with Crippen molar-refractivity contribution in [2.24, 2.45) is 0 Å². The van der Waals surface area contributed by atoms with E-state index in [1.807, 2.05) is 31.2 Å². The molecule has 0 aliphatic rings. The van der Waals surface area contributed by atoms with Crippen LogP contribution < -0.4 is 10.6 Å². The molecule has 0 saturated carbocycles. The first-order valence-electron chi connectivity index (χ1n) is 6.59. The van der Waals surface area contributed by atoms with Crippen LogP contribution in [0.2, 0.25) is 0 Å². The first-order valence-corrected chi connectivity index (χ1v) is 7.39. The third-order valence-corrected chi connectivity index (χ3v) is 3.56. The lowest BCUT2D eigenvalue weighted by molar-refractivity contribution is -0.115. The minimum Gasteiger partial charge on any atom is -0.322 e. The first kappa shape index (κ1) is 15.7. The molecule has 5 heteroatoms. The van der Waals surface area contributed by atoms with Gasteiger partial charge in [-0.2, -0.15) is 0 Å². The monoisotopic (exact) mass is 350 g/mol. The van der Waals surface area contributed by atoms with Gasteiger partial charge in [0.1, 0.15) is 5.82 Å². The number of carbonyl (C=O) groups is 1. The lowest BCUT2D eigenvalue weighted by Gasteiger charge is -2.14. The van der Waals surface area contributed by atoms with E-state index in [2.05, 4.69) is 26.6 Å². The maximum atomic E-state index is 13.4. The molecule has 0 aliphatic carbocycles. The summed E-state index contributed by atoms with van der Waals surface area (Å²) in [6.45, 7) is 2.08. The van der Waals surface area contributed by atoms with Crippen LogP contribution in [0.3, 0.4) is 0 Å². The summed E-state index contributed by atoms with van der Waals surface area (Å²) in [5, 5.41) is 5.65. The molecular weight excluding hydrogens is 335 g/mol. The summed E-state index contributed by atoms with van der Waals surface area (Å²) in [6.07, 6.45) is 0. The number of rotatable bonds is 5. The maximum absolute atomic E-state index is 13.4. The Kier molecular flexibility index (Phi) is 5.47. The van der Waals surface area contributed by atoms with Crippen molar-refractivity contribution < 1.29 is 9.18 Å². The molecule has 1 amide bonds. The number of hydrogen-bond acceptors (Lipinski definition) is 2. The van der Waals surface area contributed by atoms with Crippen molar-refractivity contribution in [2.45, 2.75) is 13.0 Å². The van der Waals surface area contributed by atoms with Crippen molar-refractivity contribution in [1.82, 2.24) is 5.32 Å². The normalized spacial score (nSPS) is 12.0. The summed E-state index contributed by atoms with van der Waals surface area (Å²) in [4.78, 5) is 11.8. The number of halogens is 2. The van der Waals surface area contributed by atoms with Gasteiger partial charge < -0.3 is 10.6 Å². The van der Waals surface area contributed by atoms with E-state index in [1.165, 1.54) is 12.1 Å². The Morgan fingerprint density at radius 3 is 2.71 bits per heavy atom. The average Bonchev–Trinajstić information content (AvgIpc) is 2.47. The van der Waals surface area contributed by atoms with E-state index in [4.69, 9.17) is 0 Å². The SMILES string of the molecule is CC(NCC(=O)Nc1ccccc1F)c1cccc(Br)c1. The predicted molar refractivity (Wildman–Crippen MR) is 85.6 cm³/mol. The lowest BCUT2D eigenvalue weighted by Crippen LogP contribution is -2.30. The molecule has 0 aliphatic heterocycles. The number of para-hydroxylation sites is 1. The maximum Gasteiger partial charge on any atom is 0.238 e. The fraction of sp³-hybridized carbons (Fsp3) is 0.188. The van der Waals surface area contributed by atoms with Gasteiger partial charge in [-0.1, -0.05) is 40.2 Å².